The molecule has 2 amide bonds. The zero-order valence-electron chi connectivity index (χ0n) is 11.6. The van der Waals surface area contributed by atoms with Gasteiger partial charge in [0.25, 0.3) is 0 Å². The molecule has 1 rings (SSSR count). The van der Waals surface area contributed by atoms with Crippen molar-refractivity contribution in [3.63, 3.8) is 0 Å². The van der Waals surface area contributed by atoms with E-state index in [1.165, 1.54) is 7.11 Å². The molecular formula is C13H17ClN2O4. The van der Waals surface area contributed by atoms with Gasteiger partial charge in [-0.3, -0.25) is 15.0 Å². The Balaban J connectivity index is 2.62. The first-order valence-corrected chi connectivity index (χ1v) is 6.22. The van der Waals surface area contributed by atoms with Gasteiger partial charge < -0.3 is 9.47 Å². The Morgan fingerprint density at radius 1 is 1.35 bits per heavy atom. The summed E-state index contributed by atoms with van der Waals surface area (Å²) in [6.45, 7) is 0.503. The van der Waals surface area contributed by atoms with Gasteiger partial charge in [0.1, 0.15) is 5.75 Å². The maximum absolute atomic E-state index is 11.5. The standard InChI is InChI=1S/C13H17ClN2O4/c1-16(8-12(17)15-13(18)20-3)7-9-6-10(14)4-5-11(9)19-2/h4-6H,7-8H2,1-3H3,(H,15,17,18). The number of hydrogen-bond acceptors (Lipinski definition) is 5. The molecule has 0 aliphatic rings. The van der Waals surface area contributed by atoms with Gasteiger partial charge in [-0.25, -0.2) is 4.79 Å². The van der Waals surface area contributed by atoms with Crippen molar-refractivity contribution >= 4 is 23.6 Å². The summed E-state index contributed by atoms with van der Waals surface area (Å²) in [6.07, 6.45) is -0.774. The lowest BCUT2D eigenvalue weighted by atomic mass is 10.2. The monoisotopic (exact) mass is 300 g/mol. The molecule has 0 heterocycles. The zero-order chi connectivity index (χ0) is 15.1. The third-order valence-electron chi connectivity index (χ3n) is 2.52. The molecule has 0 saturated carbocycles. The van der Waals surface area contributed by atoms with E-state index in [2.05, 4.69) is 10.1 Å². The lowest BCUT2D eigenvalue weighted by molar-refractivity contribution is -0.121. The number of hydrogen-bond donors (Lipinski definition) is 1. The van der Waals surface area contributed by atoms with Gasteiger partial charge >= 0.3 is 6.09 Å². The zero-order valence-corrected chi connectivity index (χ0v) is 12.4. The van der Waals surface area contributed by atoms with Gasteiger partial charge in [-0.1, -0.05) is 11.6 Å². The Labute approximate surface area is 122 Å². The van der Waals surface area contributed by atoms with Gasteiger partial charge in [0.05, 0.1) is 20.8 Å². The summed E-state index contributed by atoms with van der Waals surface area (Å²) in [5.41, 5.74) is 0.855. The Morgan fingerprint density at radius 2 is 2.05 bits per heavy atom. The summed E-state index contributed by atoms with van der Waals surface area (Å²) >= 11 is 5.94. The fraction of sp³-hybridized carbons (Fsp3) is 0.385. The number of ether oxygens (including phenoxy) is 2. The summed E-state index contributed by atoms with van der Waals surface area (Å²) in [6, 6.07) is 5.27. The van der Waals surface area contributed by atoms with E-state index in [9.17, 15) is 9.59 Å². The molecule has 1 aromatic rings. The smallest absolute Gasteiger partial charge is 0.413 e. The third-order valence-corrected chi connectivity index (χ3v) is 2.76. The van der Waals surface area contributed by atoms with Gasteiger partial charge in [-0.15, -0.1) is 0 Å². The van der Waals surface area contributed by atoms with Crippen LogP contribution in [0.3, 0.4) is 0 Å². The van der Waals surface area contributed by atoms with Gasteiger partial charge in [-0.2, -0.15) is 0 Å². The van der Waals surface area contributed by atoms with Crippen LogP contribution in [0.2, 0.25) is 5.02 Å². The lowest BCUT2D eigenvalue weighted by Gasteiger charge is -2.17. The molecule has 0 aromatic heterocycles. The molecule has 0 saturated heterocycles. The van der Waals surface area contributed by atoms with Crippen molar-refractivity contribution in [3.8, 4) is 5.75 Å². The summed E-state index contributed by atoms with van der Waals surface area (Å²) in [5.74, 6) is 0.245. The number of rotatable bonds is 5. The number of carbonyl (C=O) groups is 2. The van der Waals surface area contributed by atoms with E-state index >= 15 is 0 Å². The average Bonchev–Trinajstić information content (AvgIpc) is 2.38. The summed E-state index contributed by atoms with van der Waals surface area (Å²) in [5, 5.41) is 2.68. The Bertz CT molecular complexity index is 493. The van der Waals surface area contributed by atoms with E-state index in [0.29, 0.717) is 17.3 Å². The fourth-order valence-corrected chi connectivity index (χ4v) is 1.86. The number of amides is 2. The van der Waals surface area contributed by atoms with Gasteiger partial charge in [0.2, 0.25) is 5.91 Å². The summed E-state index contributed by atoms with van der Waals surface area (Å²) in [4.78, 5) is 24.1. The molecule has 0 aliphatic heterocycles. The van der Waals surface area contributed by atoms with Crippen LogP contribution in [0.1, 0.15) is 5.56 Å². The van der Waals surface area contributed by atoms with Gasteiger partial charge in [0.15, 0.2) is 0 Å². The second-order valence-electron chi connectivity index (χ2n) is 4.17. The molecule has 7 heteroatoms. The number of halogens is 1. The minimum absolute atomic E-state index is 0.0464. The summed E-state index contributed by atoms with van der Waals surface area (Å²) < 4.78 is 9.57. The van der Waals surface area contributed by atoms with E-state index in [4.69, 9.17) is 16.3 Å². The molecule has 0 atom stereocenters. The van der Waals surface area contributed by atoms with Crippen molar-refractivity contribution in [2.75, 3.05) is 27.8 Å². The van der Waals surface area contributed by atoms with Crippen molar-refractivity contribution in [2.24, 2.45) is 0 Å². The SMILES string of the molecule is COC(=O)NC(=O)CN(C)Cc1cc(Cl)ccc1OC. The largest absolute Gasteiger partial charge is 0.496 e. The van der Waals surface area contributed by atoms with Gasteiger partial charge in [-0.05, 0) is 25.2 Å². The highest BCUT2D eigenvalue weighted by Crippen LogP contribution is 2.23. The van der Waals surface area contributed by atoms with Gasteiger partial charge in [0, 0.05) is 17.1 Å². The van der Waals surface area contributed by atoms with E-state index in [1.54, 1.807) is 37.3 Å². The molecule has 0 aliphatic carbocycles. The predicted molar refractivity (Wildman–Crippen MR) is 74.9 cm³/mol. The summed E-state index contributed by atoms with van der Waals surface area (Å²) in [7, 11) is 4.51. The van der Waals surface area contributed by atoms with Crippen LogP contribution in [0, 0.1) is 0 Å². The molecule has 0 radical (unpaired) electrons. The Kier molecular flexibility index (Phi) is 6.27. The van der Waals surface area contributed by atoms with E-state index in [0.717, 1.165) is 5.56 Å². The fourth-order valence-electron chi connectivity index (χ4n) is 1.67. The first-order chi connectivity index (χ1) is 9.46. The van der Waals surface area contributed by atoms with Crippen LogP contribution >= 0.6 is 11.6 Å². The molecule has 0 spiro atoms. The number of nitrogens with one attached hydrogen (secondary N) is 1. The number of carbonyl (C=O) groups excluding carboxylic acids is 2. The highest BCUT2D eigenvalue weighted by Gasteiger charge is 2.12. The normalized spacial score (nSPS) is 10.2. The quantitative estimate of drug-likeness (QED) is 0.896. The van der Waals surface area contributed by atoms with Crippen LogP contribution in [0.15, 0.2) is 18.2 Å². The first-order valence-electron chi connectivity index (χ1n) is 5.85. The average molecular weight is 301 g/mol. The third kappa shape index (κ3) is 5.07. The van der Waals surface area contributed by atoms with Crippen LogP contribution in [-0.4, -0.2) is 44.7 Å². The number of likely N-dealkylation sites (N-methyl/N-ethyl adjacent to an activating group) is 1. The molecular weight excluding hydrogens is 284 g/mol. The molecule has 0 unspecified atom stereocenters. The highest BCUT2D eigenvalue weighted by molar-refractivity contribution is 6.30. The first kappa shape index (κ1) is 16.3. The van der Waals surface area contributed by atoms with Crippen LogP contribution < -0.4 is 10.1 Å². The van der Waals surface area contributed by atoms with E-state index in [-0.39, 0.29) is 6.54 Å². The maximum Gasteiger partial charge on any atom is 0.413 e. The maximum atomic E-state index is 11.5. The number of benzene rings is 1. The van der Waals surface area contributed by atoms with Crippen molar-refractivity contribution in [3.05, 3.63) is 28.8 Å². The van der Waals surface area contributed by atoms with Crippen LogP contribution in [-0.2, 0) is 16.1 Å². The number of alkyl carbamates (subject to hydrolysis) is 1. The van der Waals surface area contributed by atoms with Crippen molar-refractivity contribution in [1.29, 1.82) is 0 Å². The molecule has 0 bridgehead atoms. The number of nitrogens with zero attached hydrogens (tertiary/aromatic N) is 1. The second-order valence-corrected chi connectivity index (χ2v) is 4.60. The molecule has 6 nitrogen and oxygen atoms in total. The number of methoxy groups -OCH3 is 2. The second kappa shape index (κ2) is 7.72. The van der Waals surface area contributed by atoms with Crippen LogP contribution in [0.5, 0.6) is 5.75 Å². The predicted octanol–water partition coefficient (Wildman–Crippen LogP) is 1.66. The Hall–Kier alpha value is -1.79. The molecule has 0 fully saturated rings. The molecule has 1 N–H and O–H groups in total. The lowest BCUT2D eigenvalue weighted by Crippen LogP contribution is -2.38. The van der Waals surface area contributed by atoms with Crippen LogP contribution in [0.25, 0.3) is 0 Å². The minimum Gasteiger partial charge on any atom is -0.496 e. The minimum atomic E-state index is -0.774. The topological polar surface area (TPSA) is 67.9 Å². The van der Waals surface area contributed by atoms with E-state index < -0.39 is 12.0 Å². The van der Waals surface area contributed by atoms with Crippen molar-refractivity contribution < 1.29 is 19.1 Å². The van der Waals surface area contributed by atoms with E-state index in [1.807, 2.05) is 0 Å². The highest BCUT2D eigenvalue weighted by atomic mass is 35.5. The molecule has 20 heavy (non-hydrogen) atoms. The van der Waals surface area contributed by atoms with Crippen molar-refractivity contribution in [1.82, 2.24) is 10.2 Å². The number of imide groups is 1. The molecule has 110 valence electrons. The molecule has 1 aromatic carbocycles. The van der Waals surface area contributed by atoms with Crippen LogP contribution in [0.4, 0.5) is 4.79 Å². The Morgan fingerprint density at radius 3 is 2.65 bits per heavy atom. The van der Waals surface area contributed by atoms with Crippen molar-refractivity contribution in [2.45, 2.75) is 6.54 Å².